The van der Waals surface area contributed by atoms with Gasteiger partial charge in [-0.25, -0.2) is 0 Å². The van der Waals surface area contributed by atoms with E-state index in [1.54, 1.807) is 0 Å². The van der Waals surface area contributed by atoms with Gasteiger partial charge in [0.2, 0.25) is 0 Å². The fourth-order valence-corrected chi connectivity index (χ4v) is 2.30. The van der Waals surface area contributed by atoms with Crippen LogP contribution >= 0.6 is 22.9 Å². The van der Waals surface area contributed by atoms with E-state index in [9.17, 15) is 14.9 Å². The van der Waals surface area contributed by atoms with Gasteiger partial charge in [0.25, 0.3) is 5.91 Å². The second-order valence-electron chi connectivity index (χ2n) is 3.66. The first-order chi connectivity index (χ1) is 9.51. The molecule has 0 spiro atoms. The molecule has 20 heavy (non-hydrogen) atoms. The van der Waals surface area contributed by atoms with Gasteiger partial charge in [-0.15, -0.1) is 0 Å². The molecule has 0 atom stereocenters. The number of anilines is 1. The van der Waals surface area contributed by atoms with Crippen molar-refractivity contribution in [3.05, 3.63) is 55.9 Å². The van der Waals surface area contributed by atoms with Crippen LogP contribution in [0.25, 0.3) is 0 Å². The number of halogens is 1. The summed E-state index contributed by atoms with van der Waals surface area (Å²) in [6.45, 7) is 0. The van der Waals surface area contributed by atoms with Crippen LogP contribution < -0.4 is 5.32 Å². The van der Waals surface area contributed by atoms with Crippen LogP contribution in [0.3, 0.4) is 0 Å². The van der Waals surface area contributed by atoms with Crippen molar-refractivity contribution in [2.45, 2.75) is 0 Å². The zero-order valence-corrected chi connectivity index (χ0v) is 11.4. The predicted molar refractivity (Wildman–Crippen MR) is 75.1 cm³/mol. The molecule has 0 aliphatic carbocycles. The topological polar surface area (TPSA) is 96.0 Å². The average Bonchev–Trinajstić information content (AvgIpc) is 2.91. The Labute approximate surface area is 122 Å². The number of carbonyl (C=O) groups excluding carboxylic acids is 1. The van der Waals surface area contributed by atoms with Crippen LogP contribution in [-0.2, 0) is 0 Å². The molecular weight excluding hydrogens is 302 g/mol. The van der Waals surface area contributed by atoms with Crippen LogP contribution in [0.1, 0.15) is 15.2 Å². The lowest BCUT2D eigenvalue weighted by molar-refractivity contribution is -0.380. The number of nitro groups is 1. The molecule has 1 amide bonds. The van der Waals surface area contributed by atoms with Crippen molar-refractivity contribution in [3.8, 4) is 6.07 Å². The maximum absolute atomic E-state index is 11.9. The molecule has 0 saturated heterocycles. The molecule has 6 nitrogen and oxygen atoms in total. The van der Waals surface area contributed by atoms with Gasteiger partial charge in [-0.2, -0.15) is 5.26 Å². The molecule has 8 heteroatoms. The average molecular weight is 308 g/mol. The highest BCUT2D eigenvalue weighted by atomic mass is 35.5. The molecule has 100 valence electrons. The summed E-state index contributed by atoms with van der Waals surface area (Å²) in [6, 6.07) is 9.00. The van der Waals surface area contributed by atoms with Gasteiger partial charge in [-0.05, 0) is 24.3 Å². The first-order valence-electron chi connectivity index (χ1n) is 5.26. The standard InChI is InChI=1S/C12H6ClN3O3S/c13-8-2-1-7(6-14)5-9(8)15-12(17)10-3-4-11(20-10)16(18)19/h1-5H,(H,15,17). The van der Waals surface area contributed by atoms with E-state index in [4.69, 9.17) is 16.9 Å². The summed E-state index contributed by atoms with van der Waals surface area (Å²) in [6.07, 6.45) is 0. The maximum atomic E-state index is 11.9. The Kier molecular flexibility index (Phi) is 3.98. The Hall–Kier alpha value is -2.43. The highest BCUT2D eigenvalue weighted by Gasteiger charge is 2.16. The number of nitrogens with one attached hydrogen (secondary N) is 1. The number of benzene rings is 1. The molecule has 0 bridgehead atoms. The van der Waals surface area contributed by atoms with E-state index in [1.165, 1.54) is 30.3 Å². The monoisotopic (exact) mass is 307 g/mol. The number of amides is 1. The summed E-state index contributed by atoms with van der Waals surface area (Å²) in [4.78, 5) is 22.1. The maximum Gasteiger partial charge on any atom is 0.324 e. The van der Waals surface area contributed by atoms with E-state index in [0.29, 0.717) is 5.56 Å². The van der Waals surface area contributed by atoms with Gasteiger partial charge in [-0.3, -0.25) is 14.9 Å². The Morgan fingerprint density at radius 1 is 1.40 bits per heavy atom. The van der Waals surface area contributed by atoms with Gasteiger partial charge in [0.1, 0.15) is 0 Å². The van der Waals surface area contributed by atoms with Gasteiger partial charge in [0.05, 0.1) is 32.1 Å². The molecule has 2 rings (SSSR count). The SMILES string of the molecule is N#Cc1ccc(Cl)c(NC(=O)c2ccc([N+](=O)[O-])s2)c1. The Morgan fingerprint density at radius 2 is 2.15 bits per heavy atom. The number of hydrogen-bond donors (Lipinski definition) is 1. The number of nitrogens with zero attached hydrogens (tertiary/aromatic N) is 2. The highest BCUT2D eigenvalue weighted by Crippen LogP contribution is 2.27. The van der Waals surface area contributed by atoms with Crippen LogP contribution in [0.5, 0.6) is 0 Å². The van der Waals surface area contributed by atoms with Gasteiger partial charge in [-0.1, -0.05) is 22.9 Å². The quantitative estimate of drug-likeness (QED) is 0.694. The molecule has 0 unspecified atom stereocenters. The minimum absolute atomic E-state index is 0.118. The first kappa shape index (κ1) is 14.0. The minimum atomic E-state index is -0.565. The lowest BCUT2D eigenvalue weighted by Crippen LogP contribution is -2.10. The number of nitriles is 1. The Morgan fingerprint density at radius 3 is 2.75 bits per heavy atom. The van der Waals surface area contributed by atoms with Crippen LogP contribution in [0.15, 0.2) is 30.3 Å². The lowest BCUT2D eigenvalue weighted by atomic mass is 10.2. The van der Waals surface area contributed by atoms with Gasteiger partial charge in [0.15, 0.2) is 0 Å². The van der Waals surface area contributed by atoms with E-state index in [1.807, 2.05) is 6.07 Å². The molecule has 1 aromatic carbocycles. The molecule has 0 aliphatic rings. The molecule has 1 heterocycles. The van der Waals surface area contributed by atoms with Crippen molar-refractivity contribution in [1.29, 1.82) is 5.26 Å². The van der Waals surface area contributed by atoms with Crippen molar-refractivity contribution >= 4 is 39.5 Å². The highest BCUT2D eigenvalue weighted by molar-refractivity contribution is 7.17. The Balaban J connectivity index is 2.23. The van der Waals surface area contributed by atoms with E-state index >= 15 is 0 Å². The third-order valence-corrected chi connectivity index (χ3v) is 3.70. The summed E-state index contributed by atoms with van der Waals surface area (Å²) < 4.78 is 0. The number of thiophene rings is 1. The van der Waals surface area contributed by atoms with Crippen LogP contribution in [-0.4, -0.2) is 10.8 Å². The third kappa shape index (κ3) is 2.93. The van der Waals surface area contributed by atoms with Crippen molar-refractivity contribution in [2.75, 3.05) is 5.32 Å². The summed E-state index contributed by atoms with van der Waals surface area (Å²) in [7, 11) is 0. The van der Waals surface area contributed by atoms with Crippen LogP contribution in [0, 0.1) is 21.4 Å². The third-order valence-electron chi connectivity index (χ3n) is 2.34. The molecular formula is C12H6ClN3O3S. The number of carbonyl (C=O) groups is 1. The molecule has 2 aromatic rings. The predicted octanol–water partition coefficient (Wildman–Crippen LogP) is 3.43. The second kappa shape index (κ2) is 5.69. The molecule has 0 aliphatic heterocycles. The van der Waals surface area contributed by atoms with Gasteiger partial charge >= 0.3 is 5.00 Å². The fourth-order valence-electron chi connectivity index (χ4n) is 1.42. The summed E-state index contributed by atoms with van der Waals surface area (Å²) in [5, 5.41) is 22.0. The van der Waals surface area contributed by atoms with Gasteiger partial charge < -0.3 is 5.32 Å². The molecule has 0 radical (unpaired) electrons. The largest absolute Gasteiger partial charge is 0.324 e. The molecule has 1 N–H and O–H groups in total. The van der Waals surface area contributed by atoms with Gasteiger partial charge in [0, 0.05) is 6.07 Å². The van der Waals surface area contributed by atoms with E-state index < -0.39 is 10.8 Å². The van der Waals surface area contributed by atoms with E-state index in [2.05, 4.69) is 5.32 Å². The summed E-state index contributed by atoms with van der Waals surface area (Å²) >= 11 is 6.68. The Bertz CT molecular complexity index is 736. The summed E-state index contributed by atoms with van der Waals surface area (Å²) in [5.74, 6) is -0.514. The molecule has 0 saturated carbocycles. The normalized spacial score (nSPS) is 9.80. The fraction of sp³-hybridized carbons (Fsp3) is 0. The molecule has 0 fully saturated rings. The minimum Gasteiger partial charge on any atom is -0.320 e. The number of hydrogen-bond acceptors (Lipinski definition) is 5. The van der Waals surface area contributed by atoms with Crippen molar-refractivity contribution in [1.82, 2.24) is 0 Å². The molecule has 1 aromatic heterocycles. The van der Waals surface area contributed by atoms with Crippen LogP contribution in [0.4, 0.5) is 10.7 Å². The first-order valence-corrected chi connectivity index (χ1v) is 6.46. The number of rotatable bonds is 3. The zero-order valence-electron chi connectivity index (χ0n) is 9.79. The summed E-state index contributed by atoms with van der Waals surface area (Å²) in [5.41, 5.74) is 0.633. The van der Waals surface area contributed by atoms with E-state index in [0.717, 1.165) is 11.3 Å². The van der Waals surface area contributed by atoms with Crippen molar-refractivity contribution in [2.24, 2.45) is 0 Å². The van der Waals surface area contributed by atoms with Crippen molar-refractivity contribution in [3.63, 3.8) is 0 Å². The van der Waals surface area contributed by atoms with E-state index in [-0.39, 0.29) is 20.6 Å². The lowest BCUT2D eigenvalue weighted by Gasteiger charge is -2.05. The zero-order chi connectivity index (χ0) is 14.7. The van der Waals surface area contributed by atoms with Crippen LogP contribution in [0.2, 0.25) is 5.02 Å². The smallest absolute Gasteiger partial charge is 0.320 e. The van der Waals surface area contributed by atoms with Crippen molar-refractivity contribution < 1.29 is 9.72 Å². The second-order valence-corrected chi connectivity index (χ2v) is 5.12.